The van der Waals surface area contributed by atoms with Gasteiger partial charge in [0, 0.05) is 17.8 Å². The molecule has 0 unspecified atom stereocenters. The van der Waals surface area contributed by atoms with E-state index >= 15 is 0 Å². The van der Waals surface area contributed by atoms with Crippen LogP contribution in [0.25, 0.3) is 10.4 Å². The molecule has 3 rings (SSSR count). The van der Waals surface area contributed by atoms with Crippen molar-refractivity contribution in [1.82, 2.24) is 9.78 Å². The van der Waals surface area contributed by atoms with E-state index < -0.39 is 0 Å². The minimum Gasteiger partial charge on any atom is -0.383 e. The lowest BCUT2D eigenvalue weighted by molar-refractivity contribution is 0.408. The Kier molecular flexibility index (Phi) is 2.24. The summed E-state index contributed by atoms with van der Waals surface area (Å²) < 4.78 is 1.81. The molecule has 1 saturated carbocycles. The van der Waals surface area contributed by atoms with Crippen molar-refractivity contribution in [3.05, 3.63) is 23.2 Å². The molecule has 0 aliphatic heterocycles. The summed E-state index contributed by atoms with van der Waals surface area (Å²) in [6.45, 7) is 0. The molecule has 2 N–H and O–H groups in total. The normalized spacial score (nSPS) is 16.3. The van der Waals surface area contributed by atoms with Gasteiger partial charge in [-0.15, -0.1) is 11.3 Å². The first-order chi connectivity index (χ1) is 7.77. The topological polar surface area (TPSA) is 43.8 Å². The smallest absolute Gasteiger partial charge is 0.130 e. The number of nitrogens with two attached hydrogens (primary N) is 1. The monoisotopic (exact) mass is 233 g/mol. The molecular formula is C12H15N3S. The molecule has 3 nitrogen and oxygen atoms in total. The highest BCUT2D eigenvalue weighted by molar-refractivity contribution is 7.13. The van der Waals surface area contributed by atoms with Gasteiger partial charge in [0.1, 0.15) is 5.82 Å². The van der Waals surface area contributed by atoms with Crippen LogP contribution in [0.4, 0.5) is 5.82 Å². The highest BCUT2D eigenvalue weighted by Crippen LogP contribution is 2.43. The Morgan fingerprint density at radius 3 is 2.88 bits per heavy atom. The van der Waals surface area contributed by atoms with Crippen molar-refractivity contribution in [3.63, 3.8) is 0 Å². The Hall–Kier alpha value is -1.29. The maximum atomic E-state index is 6.12. The van der Waals surface area contributed by atoms with Gasteiger partial charge in [0.25, 0.3) is 0 Å². The van der Waals surface area contributed by atoms with E-state index in [9.17, 15) is 0 Å². The van der Waals surface area contributed by atoms with Crippen molar-refractivity contribution in [2.24, 2.45) is 7.05 Å². The van der Waals surface area contributed by atoms with Gasteiger partial charge in [-0.2, -0.15) is 5.10 Å². The lowest BCUT2D eigenvalue weighted by Crippen LogP contribution is -2.10. The van der Waals surface area contributed by atoms with E-state index in [0.717, 1.165) is 5.82 Å². The number of nitrogens with zero attached hydrogens (tertiary/aromatic N) is 2. The second kappa shape index (κ2) is 3.63. The first-order valence-corrected chi connectivity index (χ1v) is 6.51. The van der Waals surface area contributed by atoms with Crippen LogP contribution in [-0.2, 0) is 7.05 Å². The van der Waals surface area contributed by atoms with Crippen LogP contribution in [-0.4, -0.2) is 9.78 Å². The lowest BCUT2D eigenvalue weighted by Gasteiger charge is -2.24. The molecule has 0 bridgehead atoms. The zero-order valence-electron chi connectivity index (χ0n) is 9.31. The molecule has 0 amide bonds. The van der Waals surface area contributed by atoms with Crippen molar-refractivity contribution in [2.75, 3.05) is 5.73 Å². The second-order valence-electron chi connectivity index (χ2n) is 4.37. The summed E-state index contributed by atoms with van der Waals surface area (Å²) in [6, 6.07) is 4.19. The quantitative estimate of drug-likeness (QED) is 0.866. The molecule has 0 aromatic carbocycles. The van der Waals surface area contributed by atoms with Crippen LogP contribution in [0.1, 0.15) is 30.9 Å². The van der Waals surface area contributed by atoms with Crippen molar-refractivity contribution in [1.29, 1.82) is 0 Å². The summed E-state index contributed by atoms with van der Waals surface area (Å²) >= 11 is 1.74. The van der Waals surface area contributed by atoms with E-state index in [-0.39, 0.29) is 0 Å². The van der Waals surface area contributed by atoms with Gasteiger partial charge >= 0.3 is 0 Å². The summed E-state index contributed by atoms with van der Waals surface area (Å²) in [5.74, 6) is 1.42. The third kappa shape index (κ3) is 1.37. The first-order valence-electron chi connectivity index (χ1n) is 5.63. The zero-order chi connectivity index (χ0) is 11.1. The Morgan fingerprint density at radius 1 is 1.50 bits per heavy atom. The summed E-state index contributed by atoms with van der Waals surface area (Å²) in [7, 11) is 1.93. The third-order valence-electron chi connectivity index (χ3n) is 3.38. The number of anilines is 1. The molecule has 2 heterocycles. The fourth-order valence-corrected chi connectivity index (χ4v) is 2.99. The molecule has 1 aliphatic rings. The number of hydrogen-bond donors (Lipinski definition) is 1. The standard InChI is InChI=1S/C12H15N3S/c1-15-12(13)10(9-6-3-7-16-9)11(14-15)8-4-2-5-8/h3,6-8H,2,4-5,13H2,1H3. The van der Waals surface area contributed by atoms with Crippen LogP contribution in [0.5, 0.6) is 0 Å². The largest absolute Gasteiger partial charge is 0.383 e. The number of aryl methyl sites for hydroxylation is 1. The maximum Gasteiger partial charge on any atom is 0.130 e. The molecule has 0 saturated heterocycles. The molecule has 2 aromatic heterocycles. The van der Waals surface area contributed by atoms with Crippen LogP contribution in [0.15, 0.2) is 17.5 Å². The predicted octanol–water partition coefficient (Wildman–Crippen LogP) is 3.00. The minimum absolute atomic E-state index is 0.626. The van der Waals surface area contributed by atoms with Gasteiger partial charge in [-0.25, -0.2) is 0 Å². The van der Waals surface area contributed by atoms with Gasteiger partial charge < -0.3 is 5.73 Å². The van der Waals surface area contributed by atoms with Gasteiger partial charge in [-0.1, -0.05) is 12.5 Å². The van der Waals surface area contributed by atoms with Crippen LogP contribution < -0.4 is 5.73 Å². The van der Waals surface area contributed by atoms with Crippen LogP contribution >= 0.6 is 11.3 Å². The number of rotatable bonds is 2. The zero-order valence-corrected chi connectivity index (χ0v) is 10.1. The minimum atomic E-state index is 0.626. The van der Waals surface area contributed by atoms with E-state index in [1.54, 1.807) is 11.3 Å². The molecule has 0 spiro atoms. The molecule has 84 valence electrons. The summed E-state index contributed by atoms with van der Waals surface area (Å²) in [4.78, 5) is 1.24. The second-order valence-corrected chi connectivity index (χ2v) is 5.32. The highest BCUT2D eigenvalue weighted by Gasteiger charge is 2.28. The van der Waals surface area contributed by atoms with Crippen molar-refractivity contribution in [2.45, 2.75) is 25.2 Å². The molecule has 16 heavy (non-hydrogen) atoms. The van der Waals surface area contributed by atoms with Gasteiger partial charge in [-0.05, 0) is 24.3 Å². The molecule has 2 aromatic rings. The van der Waals surface area contributed by atoms with E-state index in [4.69, 9.17) is 5.73 Å². The Bertz CT molecular complexity index is 495. The van der Waals surface area contributed by atoms with Crippen LogP contribution in [0, 0.1) is 0 Å². The summed E-state index contributed by atoms with van der Waals surface area (Å²) in [6.07, 6.45) is 3.84. The molecule has 0 radical (unpaired) electrons. The fraction of sp³-hybridized carbons (Fsp3) is 0.417. The van der Waals surface area contributed by atoms with E-state index in [1.807, 2.05) is 11.7 Å². The highest BCUT2D eigenvalue weighted by atomic mass is 32.1. The van der Waals surface area contributed by atoms with Crippen LogP contribution in [0.3, 0.4) is 0 Å². The maximum absolute atomic E-state index is 6.12. The van der Waals surface area contributed by atoms with Crippen LogP contribution in [0.2, 0.25) is 0 Å². The third-order valence-corrected chi connectivity index (χ3v) is 4.27. The predicted molar refractivity (Wildman–Crippen MR) is 67.5 cm³/mol. The summed E-state index contributed by atoms with van der Waals surface area (Å²) in [5, 5.41) is 6.68. The Labute approximate surface area is 98.9 Å². The molecule has 4 heteroatoms. The van der Waals surface area contributed by atoms with Crippen molar-refractivity contribution < 1.29 is 0 Å². The van der Waals surface area contributed by atoms with Gasteiger partial charge in [-0.3, -0.25) is 4.68 Å². The van der Waals surface area contributed by atoms with Crippen molar-refractivity contribution >= 4 is 17.2 Å². The fourth-order valence-electron chi connectivity index (χ4n) is 2.20. The SMILES string of the molecule is Cn1nc(C2CCC2)c(-c2cccs2)c1N. The summed E-state index contributed by atoms with van der Waals surface area (Å²) in [5.41, 5.74) is 8.49. The number of aromatic nitrogens is 2. The van der Waals surface area contributed by atoms with Gasteiger partial charge in [0.15, 0.2) is 0 Å². The average molecular weight is 233 g/mol. The average Bonchev–Trinajstić information content (AvgIpc) is 2.75. The number of thiophene rings is 1. The van der Waals surface area contributed by atoms with Gasteiger partial charge in [0.2, 0.25) is 0 Å². The molecule has 0 atom stereocenters. The number of hydrogen-bond acceptors (Lipinski definition) is 3. The Morgan fingerprint density at radius 2 is 2.31 bits per heavy atom. The molecule has 1 fully saturated rings. The Balaban J connectivity index is 2.13. The first kappa shape index (κ1) is 9.90. The van der Waals surface area contributed by atoms with E-state index in [0.29, 0.717) is 5.92 Å². The lowest BCUT2D eigenvalue weighted by atomic mass is 9.81. The molecular weight excluding hydrogens is 218 g/mol. The van der Waals surface area contributed by atoms with Gasteiger partial charge in [0.05, 0.1) is 11.3 Å². The number of nitrogen functional groups attached to an aromatic ring is 1. The van der Waals surface area contributed by atoms with Crippen molar-refractivity contribution in [3.8, 4) is 10.4 Å². The van der Waals surface area contributed by atoms with E-state index in [1.165, 1.54) is 35.4 Å². The molecule has 1 aliphatic carbocycles. The van der Waals surface area contributed by atoms with E-state index in [2.05, 4.69) is 22.6 Å².